The van der Waals surface area contributed by atoms with Gasteiger partial charge in [0.1, 0.15) is 5.75 Å². The fraction of sp³-hybridized carbons (Fsp3) is 0.200. The maximum Gasteiger partial charge on any atom is 0.573 e. The normalized spacial score (nSPS) is 17.0. The molecule has 22 heavy (non-hydrogen) atoms. The van der Waals surface area contributed by atoms with Gasteiger partial charge < -0.3 is 10.1 Å². The molecule has 3 rings (SSSR count). The van der Waals surface area contributed by atoms with E-state index in [9.17, 15) is 13.2 Å². The predicted octanol–water partition coefficient (Wildman–Crippen LogP) is 5.60. The molecule has 1 aliphatic rings. The number of rotatable bonds is 2. The van der Waals surface area contributed by atoms with Crippen LogP contribution in [0.3, 0.4) is 0 Å². The van der Waals surface area contributed by atoms with Crippen LogP contribution >= 0.6 is 23.2 Å². The number of alkyl halides is 3. The molecule has 0 aliphatic carbocycles. The molecule has 7 heteroatoms. The summed E-state index contributed by atoms with van der Waals surface area (Å²) in [4.78, 5) is 0. The lowest BCUT2D eigenvalue weighted by molar-refractivity contribution is -0.274. The summed E-state index contributed by atoms with van der Waals surface area (Å²) in [6.45, 7) is 0. The molecule has 0 bridgehead atoms. The number of halogens is 5. The Kier molecular flexibility index (Phi) is 3.87. The van der Waals surface area contributed by atoms with E-state index < -0.39 is 6.36 Å². The van der Waals surface area contributed by atoms with E-state index in [4.69, 9.17) is 23.2 Å². The molecular weight excluding hydrogens is 338 g/mol. The van der Waals surface area contributed by atoms with E-state index in [-0.39, 0.29) is 11.8 Å². The molecule has 0 saturated carbocycles. The number of nitrogens with one attached hydrogen (secondary N) is 1. The molecule has 1 unspecified atom stereocenters. The fourth-order valence-electron chi connectivity index (χ4n) is 2.50. The van der Waals surface area contributed by atoms with Crippen molar-refractivity contribution in [3.8, 4) is 5.75 Å². The second kappa shape index (κ2) is 5.56. The maximum atomic E-state index is 12.3. The Balaban J connectivity index is 1.85. The Morgan fingerprint density at radius 2 is 1.86 bits per heavy atom. The van der Waals surface area contributed by atoms with Crippen LogP contribution in [0.5, 0.6) is 5.75 Å². The molecular formula is C15H10Cl2F3NO. The van der Waals surface area contributed by atoms with Crippen molar-refractivity contribution in [3.05, 3.63) is 57.6 Å². The Morgan fingerprint density at radius 3 is 2.59 bits per heavy atom. The summed E-state index contributed by atoms with van der Waals surface area (Å²) in [5.74, 6) is -0.231. The van der Waals surface area contributed by atoms with Gasteiger partial charge in [0.15, 0.2) is 0 Å². The van der Waals surface area contributed by atoms with Crippen LogP contribution < -0.4 is 10.1 Å². The molecule has 2 aromatic carbocycles. The first kappa shape index (κ1) is 15.3. The van der Waals surface area contributed by atoms with Crippen molar-refractivity contribution < 1.29 is 17.9 Å². The van der Waals surface area contributed by atoms with E-state index in [1.165, 1.54) is 12.1 Å². The third kappa shape index (κ3) is 3.25. The second-order valence-electron chi connectivity index (χ2n) is 4.93. The molecule has 1 aliphatic heterocycles. The third-order valence-electron chi connectivity index (χ3n) is 3.40. The SMILES string of the molecule is FC(F)(F)Oc1ccc2c(c1)CC(c1cc(Cl)ccc1Cl)N2. The van der Waals surface area contributed by atoms with Crippen molar-refractivity contribution in [2.24, 2.45) is 0 Å². The Morgan fingerprint density at radius 1 is 1.09 bits per heavy atom. The van der Waals surface area contributed by atoms with E-state index >= 15 is 0 Å². The number of fused-ring (bicyclic) bond motifs is 1. The molecule has 116 valence electrons. The van der Waals surface area contributed by atoms with E-state index in [0.29, 0.717) is 16.5 Å². The summed E-state index contributed by atoms with van der Waals surface area (Å²) in [7, 11) is 0. The van der Waals surface area contributed by atoms with Gasteiger partial charge in [-0.2, -0.15) is 0 Å². The molecule has 0 fully saturated rings. The number of hydrogen-bond donors (Lipinski definition) is 1. The lowest BCUT2D eigenvalue weighted by atomic mass is 10.0. The van der Waals surface area contributed by atoms with Crippen LogP contribution in [0.15, 0.2) is 36.4 Å². The van der Waals surface area contributed by atoms with Crippen LogP contribution in [-0.4, -0.2) is 6.36 Å². The fourth-order valence-corrected chi connectivity index (χ4v) is 2.93. The summed E-state index contributed by atoms with van der Waals surface area (Å²) in [5, 5.41) is 4.34. The first-order chi connectivity index (χ1) is 10.3. The minimum Gasteiger partial charge on any atom is -0.406 e. The first-order valence-electron chi connectivity index (χ1n) is 6.42. The summed E-state index contributed by atoms with van der Waals surface area (Å²) >= 11 is 12.1. The van der Waals surface area contributed by atoms with Gasteiger partial charge in [0.2, 0.25) is 0 Å². The van der Waals surface area contributed by atoms with Gasteiger partial charge in [-0.3, -0.25) is 0 Å². The highest BCUT2D eigenvalue weighted by Crippen LogP contribution is 2.39. The minimum atomic E-state index is -4.70. The highest BCUT2D eigenvalue weighted by Gasteiger charge is 2.32. The summed E-state index contributed by atoms with van der Waals surface area (Å²) in [5.41, 5.74) is 2.31. The molecule has 2 nitrogen and oxygen atoms in total. The van der Waals surface area contributed by atoms with Gasteiger partial charge in [-0.25, -0.2) is 0 Å². The lowest BCUT2D eigenvalue weighted by Gasteiger charge is -2.13. The van der Waals surface area contributed by atoms with Gasteiger partial charge in [-0.1, -0.05) is 23.2 Å². The van der Waals surface area contributed by atoms with E-state index in [2.05, 4.69) is 10.1 Å². The van der Waals surface area contributed by atoms with E-state index in [1.54, 1.807) is 24.3 Å². The third-order valence-corrected chi connectivity index (χ3v) is 3.98. The molecule has 1 atom stereocenters. The smallest absolute Gasteiger partial charge is 0.406 e. The average Bonchev–Trinajstić information content (AvgIpc) is 2.82. The van der Waals surface area contributed by atoms with Crippen LogP contribution in [-0.2, 0) is 6.42 Å². The molecule has 0 saturated heterocycles. The van der Waals surface area contributed by atoms with Crippen molar-refractivity contribution in [2.45, 2.75) is 18.8 Å². The van der Waals surface area contributed by atoms with Crippen LogP contribution in [0, 0.1) is 0 Å². The number of anilines is 1. The molecule has 0 aromatic heterocycles. The zero-order valence-corrected chi connectivity index (χ0v) is 12.6. The van der Waals surface area contributed by atoms with Crippen LogP contribution in [0.1, 0.15) is 17.2 Å². The monoisotopic (exact) mass is 347 g/mol. The highest BCUT2D eigenvalue weighted by molar-refractivity contribution is 6.33. The molecule has 1 heterocycles. The molecule has 0 amide bonds. The number of hydrogen-bond acceptors (Lipinski definition) is 2. The Bertz CT molecular complexity index is 718. The molecule has 1 N–H and O–H groups in total. The van der Waals surface area contributed by atoms with Crippen molar-refractivity contribution in [1.82, 2.24) is 0 Å². The minimum absolute atomic E-state index is 0.137. The van der Waals surface area contributed by atoms with E-state index in [0.717, 1.165) is 16.8 Å². The topological polar surface area (TPSA) is 21.3 Å². The van der Waals surface area contributed by atoms with Gasteiger partial charge >= 0.3 is 6.36 Å². The maximum absolute atomic E-state index is 12.3. The number of benzene rings is 2. The quantitative estimate of drug-likeness (QED) is 0.763. The molecule has 0 spiro atoms. The van der Waals surface area contributed by atoms with Gasteiger partial charge in [0.05, 0.1) is 6.04 Å². The lowest BCUT2D eigenvalue weighted by Crippen LogP contribution is -2.17. The van der Waals surface area contributed by atoms with Crippen LogP contribution in [0.2, 0.25) is 10.0 Å². The average molecular weight is 348 g/mol. The van der Waals surface area contributed by atoms with Gasteiger partial charge in [0.25, 0.3) is 0 Å². The van der Waals surface area contributed by atoms with Gasteiger partial charge in [0, 0.05) is 15.7 Å². The van der Waals surface area contributed by atoms with E-state index in [1.807, 2.05) is 0 Å². The summed E-state index contributed by atoms with van der Waals surface area (Å²) < 4.78 is 40.7. The standard InChI is InChI=1S/C15H10Cl2F3NO/c16-9-1-3-12(17)11(7-9)14-6-8-5-10(22-15(18,19)20)2-4-13(8)21-14/h1-5,7,14,21H,6H2. The van der Waals surface area contributed by atoms with Gasteiger partial charge in [-0.05, 0) is 53.9 Å². The zero-order valence-electron chi connectivity index (χ0n) is 11.0. The van der Waals surface area contributed by atoms with Crippen LogP contribution in [0.4, 0.5) is 18.9 Å². The van der Waals surface area contributed by atoms with Crippen molar-refractivity contribution in [2.75, 3.05) is 5.32 Å². The molecule has 2 aromatic rings. The zero-order chi connectivity index (χ0) is 15.9. The number of ether oxygens (including phenoxy) is 1. The van der Waals surface area contributed by atoms with Gasteiger partial charge in [-0.15, -0.1) is 13.2 Å². The summed E-state index contributed by atoms with van der Waals surface area (Å²) in [6.07, 6.45) is -4.19. The second-order valence-corrected chi connectivity index (χ2v) is 5.78. The predicted molar refractivity (Wildman–Crippen MR) is 79.7 cm³/mol. The Hall–Kier alpha value is -1.59. The first-order valence-corrected chi connectivity index (χ1v) is 7.17. The highest BCUT2D eigenvalue weighted by atomic mass is 35.5. The Labute approximate surface area is 134 Å². The van der Waals surface area contributed by atoms with Crippen LogP contribution in [0.25, 0.3) is 0 Å². The van der Waals surface area contributed by atoms with Crippen molar-refractivity contribution >= 4 is 28.9 Å². The van der Waals surface area contributed by atoms with Crippen molar-refractivity contribution in [1.29, 1.82) is 0 Å². The summed E-state index contributed by atoms with van der Waals surface area (Å²) in [6, 6.07) is 9.22. The molecule has 0 radical (unpaired) electrons. The van der Waals surface area contributed by atoms with Crippen molar-refractivity contribution in [3.63, 3.8) is 0 Å². The largest absolute Gasteiger partial charge is 0.573 e.